The van der Waals surface area contributed by atoms with E-state index in [1.807, 2.05) is 0 Å². The van der Waals surface area contributed by atoms with Crippen LogP contribution in [0.4, 0.5) is 0 Å². The van der Waals surface area contributed by atoms with E-state index in [9.17, 15) is 4.79 Å². The monoisotopic (exact) mass is 318 g/mol. The predicted molar refractivity (Wildman–Crippen MR) is 70.4 cm³/mol. The largest absolute Gasteiger partial charge is 0.488 e. The molecule has 0 aliphatic heterocycles. The lowest BCUT2D eigenvalue weighted by Crippen LogP contribution is -2.01. The van der Waals surface area contributed by atoms with Crippen molar-refractivity contribution in [1.29, 1.82) is 0 Å². The smallest absolute Gasteiger partial charge is 0.330 e. The molecule has 1 aromatic carbocycles. The fraction of sp³-hybridized carbons (Fsp3) is 0.250. The Morgan fingerprint density at radius 1 is 1.53 bits per heavy atom. The molecule has 0 saturated heterocycles. The van der Waals surface area contributed by atoms with Gasteiger partial charge < -0.3 is 9.47 Å². The minimum Gasteiger partial charge on any atom is -0.488 e. The average Bonchev–Trinajstić information content (AvgIpc) is 2.27. The highest BCUT2D eigenvalue weighted by molar-refractivity contribution is 9.10. The van der Waals surface area contributed by atoms with Crippen molar-refractivity contribution in [3.05, 3.63) is 39.8 Å². The van der Waals surface area contributed by atoms with Gasteiger partial charge in [0, 0.05) is 11.1 Å². The predicted octanol–water partition coefficient (Wildman–Crippen LogP) is 3.60. The highest BCUT2D eigenvalue weighted by Gasteiger charge is 2.00. The van der Waals surface area contributed by atoms with Crippen LogP contribution in [0.25, 0.3) is 0 Å². The fourth-order valence-corrected chi connectivity index (χ4v) is 1.86. The summed E-state index contributed by atoms with van der Waals surface area (Å²) < 4.78 is 10.9. The van der Waals surface area contributed by atoms with Gasteiger partial charge >= 0.3 is 5.97 Å². The van der Waals surface area contributed by atoms with Crippen molar-refractivity contribution in [2.45, 2.75) is 6.92 Å². The van der Waals surface area contributed by atoms with Gasteiger partial charge in [0.15, 0.2) is 0 Å². The summed E-state index contributed by atoms with van der Waals surface area (Å²) in [6, 6.07) is 5.23. The Morgan fingerprint density at radius 2 is 2.29 bits per heavy atom. The Bertz CT molecular complexity index is 418. The van der Waals surface area contributed by atoms with Crippen molar-refractivity contribution < 1.29 is 14.3 Å². The van der Waals surface area contributed by atoms with Gasteiger partial charge in [-0.15, -0.1) is 0 Å². The van der Waals surface area contributed by atoms with Crippen molar-refractivity contribution in [1.82, 2.24) is 0 Å². The third kappa shape index (κ3) is 5.24. The summed E-state index contributed by atoms with van der Waals surface area (Å²) in [4.78, 5) is 11.0. The minimum absolute atomic E-state index is 0.291. The van der Waals surface area contributed by atoms with Crippen LogP contribution in [0.3, 0.4) is 0 Å². The summed E-state index contributed by atoms with van der Waals surface area (Å²) in [5.41, 5.74) is 0. The summed E-state index contributed by atoms with van der Waals surface area (Å²) >= 11 is 9.12. The number of carbonyl (C=O) groups excluding carboxylic acids is 1. The van der Waals surface area contributed by atoms with Crippen LogP contribution in [-0.4, -0.2) is 19.2 Å². The molecule has 5 heteroatoms. The lowest BCUT2D eigenvalue weighted by atomic mass is 10.3. The molecule has 0 aliphatic rings. The number of hydrogen-bond donors (Lipinski definition) is 0. The van der Waals surface area contributed by atoms with Gasteiger partial charge in [-0.25, -0.2) is 4.79 Å². The molecule has 92 valence electrons. The topological polar surface area (TPSA) is 35.5 Å². The van der Waals surface area contributed by atoms with E-state index in [0.717, 1.165) is 4.47 Å². The Kier molecular flexibility index (Phi) is 6.08. The van der Waals surface area contributed by atoms with Gasteiger partial charge in [0.05, 0.1) is 11.1 Å². The van der Waals surface area contributed by atoms with E-state index in [1.54, 1.807) is 31.2 Å². The van der Waals surface area contributed by atoms with Crippen LogP contribution in [0, 0.1) is 0 Å². The van der Waals surface area contributed by atoms with Crippen LogP contribution >= 0.6 is 27.5 Å². The first-order chi connectivity index (χ1) is 8.13. The molecule has 0 unspecified atom stereocenters. The zero-order valence-corrected chi connectivity index (χ0v) is 11.6. The first kappa shape index (κ1) is 14.1. The third-order valence-electron chi connectivity index (χ3n) is 1.77. The second-order valence-corrected chi connectivity index (χ2v) is 4.33. The number of benzene rings is 1. The maximum absolute atomic E-state index is 11.0. The van der Waals surface area contributed by atoms with Gasteiger partial charge in [-0.3, -0.25) is 0 Å². The molecule has 0 aromatic heterocycles. The summed E-state index contributed by atoms with van der Waals surface area (Å²) in [6.45, 7) is 2.42. The first-order valence-corrected chi connectivity index (χ1v) is 6.21. The van der Waals surface area contributed by atoms with Crippen molar-refractivity contribution in [3.8, 4) is 5.75 Å². The maximum atomic E-state index is 11.0. The van der Waals surface area contributed by atoms with Gasteiger partial charge in [-0.1, -0.05) is 11.6 Å². The number of esters is 1. The highest BCUT2D eigenvalue weighted by Crippen LogP contribution is 2.27. The third-order valence-corrected chi connectivity index (χ3v) is 2.62. The number of halogens is 2. The summed E-state index contributed by atoms with van der Waals surface area (Å²) in [6.07, 6.45) is 2.94. The average molecular weight is 320 g/mol. The molecule has 1 rings (SSSR count). The van der Waals surface area contributed by atoms with Crippen LogP contribution in [0.2, 0.25) is 5.02 Å². The van der Waals surface area contributed by atoms with Crippen LogP contribution < -0.4 is 4.74 Å². The molecule has 0 saturated carbocycles. The molecule has 0 bridgehead atoms. The minimum atomic E-state index is -0.369. The molecule has 0 N–H and O–H groups in total. The summed E-state index contributed by atoms with van der Waals surface area (Å²) in [7, 11) is 0. The quantitative estimate of drug-likeness (QED) is 0.614. The van der Waals surface area contributed by atoms with Crippen LogP contribution in [0.5, 0.6) is 5.75 Å². The highest BCUT2D eigenvalue weighted by atomic mass is 79.9. The van der Waals surface area contributed by atoms with E-state index in [1.165, 1.54) is 6.08 Å². The number of hydrogen-bond acceptors (Lipinski definition) is 3. The second kappa shape index (κ2) is 7.35. The lowest BCUT2D eigenvalue weighted by molar-refractivity contribution is -0.137. The maximum Gasteiger partial charge on any atom is 0.330 e. The van der Waals surface area contributed by atoms with Crippen molar-refractivity contribution in [2.75, 3.05) is 13.2 Å². The molecule has 3 nitrogen and oxygen atoms in total. The van der Waals surface area contributed by atoms with Crippen molar-refractivity contribution >= 4 is 33.5 Å². The molecule has 1 aromatic rings. The SMILES string of the molecule is CCOC(=O)/C=C/COc1ccc(Cl)cc1Br. The summed E-state index contributed by atoms with van der Waals surface area (Å²) in [5.74, 6) is 0.300. The molecule has 0 amide bonds. The van der Waals surface area contributed by atoms with Crippen LogP contribution in [0.15, 0.2) is 34.8 Å². The van der Waals surface area contributed by atoms with Gasteiger partial charge in [0.25, 0.3) is 0 Å². The molecular weight excluding hydrogens is 307 g/mol. The standard InChI is InChI=1S/C12H12BrClO3/c1-2-16-12(15)4-3-7-17-11-6-5-9(14)8-10(11)13/h3-6,8H,2,7H2,1H3/b4-3+. The number of rotatable bonds is 5. The molecule has 0 fully saturated rings. The lowest BCUT2D eigenvalue weighted by Gasteiger charge is -2.05. The Balaban J connectivity index is 2.43. The Hall–Kier alpha value is -1.000. The zero-order valence-electron chi connectivity index (χ0n) is 9.28. The van der Waals surface area contributed by atoms with E-state index in [4.69, 9.17) is 21.1 Å². The molecule has 0 atom stereocenters. The molecular formula is C12H12BrClO3. The number of ether oxygens (including phenoxy) is 2. The van der Waals surface area contributed by atoms with Crippen LogP contribution in [0.1, 0.15) is 6.92 Å². The van der Waals surface area contributed by atoms with E-state index in [-0.39, 0.29) is 5.97 Å². The van der Waals surface area contributed by atoms with Crippen molar-refractivity contribution in [3.63, 3.8) is 0 Å². The molecule has 0 spiro atoms. The van der Waals surface area contributed by atoms with E-state index < -0.39 is 0 Å². The normalized spacial score (nSPS) is 10.5. The first-order valence-electron chi connectivity index (χ1n) is 5.04. The van der Waals surface area contributed by atoms with E-state index in [0.29, 0.717) is 24.0 Å². The Labute approximate surface area is 113 Å². The second-order valence-electron chi connectivity index (χ2n) is 3.04. The zero-order chi connectivity index (χ0) is 12.7. The molecule has 17 heavy (non-hydrogen) atoms. The summed E-state index contributed by atoms with van der Waals surface area (Å²) in [5, 5.41) is 0.631. The van der Waals surface area contributed by atoms with Gasteiger partial charge in [0.1, 0.15) is 12.4 Å². The Morgan fingerprint density at radius 3 is 2.94 bits per heavy atom. The van der Waals surface area contributed by atoms with Gasteiger partial charge in [0.2, 0.25) is 0 Å². The van der Waals surface area contributed by atoms with Crippen molar-refractivity contribution in [2.24, 2.45) is 0 Å². The fourth-order valence-electron chi connectivity index (χ4n) is 1.06. The van der Waals surface area contributed by atoms with E-state index in [2.05, 4.69) is 15.9 Å². The molecule has 0 aliphatic carbocycles. The van der Waals surface area contributed by atoms with Gasteiger partial charge in [-0.05, 0) is 47.1 Å². The van der Waals surface area contributed by atoms with Crippen LogP contribution in [-0.2, 0) is 9.53 Å². The van der Waals surface area contributed by atoms with E-state index >= 15 is 0 Å². The van der Waals surface area contributed by atoms with Gasteiger partial charge in [-0.2, -0.15) is 0 Å². The number of carbonyl (C=O) groups is 1. The molecule has 0 heterocycles. The molecule has 0 radical (unpaired) electrons.